The molecule has 7 heteroatoms. The molecule has 0 saturated carbocycles. The summed E-state index contributed by atoms with van der Waals surface area (Å²) in [6.45, 7) is 2.06. The van der Waals surface area contributed by atoms with Crippen molar-refractivity contribution >= 4 is 46.3 Å². The second-order valence-electron chi connectivity index (χ2n) is 4.58. The van der Waals surface area contributed by atoms with Crippen molar-refractivity contribution in [3.63, 3.8) is 0 Å². The van der Waals surface area contributed by atoms with Gasteiger partial charge in [-0.15, -0.1) is 0 Å². The number of carbonyl (C=O) groups excluding carboxylic acids is 2. The van der Waals surface area contributed by atoms with Gasteiger partial charge in [0, 0.05) is 0 Å². The second-order valence-corrected chi connectivity index (χ2v) is 6.26. The molecule has 0 radical (unpaired) electrons. The molecule has 0 bridgehead atoms. The maximum absolute atomic E-state index is 12.3. The van der Waals surface area contributed by atoms with Crippen LogP contribution >= 0.6 is 24.0 Å². The van der Waals surface area contributed by atoms with Gasteiger partial charge in [-0.2, -0.15) is 0 Å². The molecule has 1 saturated heterocycles. The summed E-state index contributed by atoms with van der Waals surface area (Å²) in [5, 5.41) is 9.25. The number of aromatic hydroxyl groups is 1. The lowest BCUT2D eigenvalue weighted by Crippen LogP contribution is -2.34. The molecule has 2 rings (SSSR count). The summed E-state index contributed by atoms with van der Waals surface area (Å²) in [6, 6.07) is 6.46. The molecule has 0 aromatic heterocycles. The molecule has 116 valence electrons. The lowest BCUT2D eigenvalue weighted by Gasteiger charge is -2.13. The Balaban J connectivity index is 2.08. The maximum atomic E-state index is 12.3. The lowest BCUT2D eigenvalue weighted by atomic mass is 10.2. The van der Waals surface area contributed by atoms with Crippen LogP contribution in [0.15, 0.2) is 29.2 Å². The molecule has 1 aromatic rings. The van der Waals surface area contributed by atoms with Gasteiger partial charge >= 0.3 is 5.97 Å². The van der Waals surface area contributed by atoms with Crippen molar-refractivity contribution < 1.29 is 19.4 Å². The largest absolute Gasteiger partial charge is 0.508 e. The lowest BCUT2D eigenvalue weighted by molar-refractivity contribution is -0.146. The Labute approximate surface area is 137 Å². The Bertz CT molecular complexity index is 625. The fraction of sp³-hybridized carbons (Fsp3) is 0.267. The van der Waals surface area contributed by atoms with Gasteiger partial charge in [0.15, 0.2) is 0 Å². The number of amides is 1. The molecule has 22 heavy (non-hydrogen) atoms. The number of phenols is 1. The van der Waals surface area contributed by atoms with E-state index in [0.29, 0.717) is 15.8 Å². The number of thioether (sulfide) groups is 1. The van der Waals surface area contributed by atoms with Gasteiger partial charge in [-0.05, 0) is 30.2 Å². The number of thiocarbonyl (C=S) groups is 1. The SMILES string of the molecule is CCCOC(=O)CN1C(=O)/C(=C/c2ccc(O)cc2)SC1=S. The standard InChI is InChI=1S/C15H15NO4S2/c1-2-7-20-13(18)9-16-14(19)12(22-15(16)21)8-10-3-5-11(17)6-4-10/h3-6,8,17H,2,7,9H2,1H3/b12-8-. The van der Waals surface area contributed by atoms with E-state index in [1.54, 1.807) is 18.2 Å². The Morgan fingerprint density at radius 2 is 2.09 bits per heavy atom. The van der Waals surface area contributed by atoms with E-state index in [1.807, 2.05) is 6.92 Å². The van der Waals surface area contributed by atoms with Crippen LogP contribution in [0.25, 0.3) is 6.08 Å². The van der Waals surface area contributed by atoms with Crippen molar-refractivity contribution in [1.29, 1.82) is 0 Å². The number of hydrogen-bond acceptors (Lipinski definition) is 6. The van der Waals surface area contributed by atoms with Crippen LogP contribution in [0.5, 0.6) is 5.75 Å². The Morgan fingerprint density at radius 1 is 1.41 bits per heavy atom. The molecule has 1 aliphatic heterocycles. The van der Waals surface area contributed by atoms with E-state index >= 15 is 0 Å². The first-order valence-electron chi connectivity index (χ1n) is 6.71. The number of esters is 1. The van der Waals surface area contributed by atoms with Crippen LogP contribution in [0, 0.1) is 0 Å². The van der Waals surface area contributed by atoms with Gasteiger partial charge in [-0.1, -0.05) is 43.0 Å². The van der Waals surface area contributed by atoms with E-state index < -0.39 is 5.97 Å². The van der Waals surface area contributed by atoms with Crippen molar-refractivity contribution in [2.24, 2.45) is 0 Å². The van der Waals surface area contributed by atoms with Crippen LogP contribution in [0.1, 0.15) is 18.9 Å². The Kier molecular flexibility index (Phi) is 5.57. The molecule has 0 aliphatic carbocycles. The molecular weight excluding hydrogens is 322 g/mol. The van der Waals surface area contributed by atoms with Gasteiger partial charge in [-0.3, -0.25) is 14.5 Å². The quantitative estimate of drug-likeness (QED) is 0.506. The van der Waals surface area contributed by atoms with Gasteiger partial charge in [0.2, 0.25) is 0 Å². The first-order chi connectivity index (χ1) is 10.5. The van der Waals surface area contributed by atoms with Crippen molar-refractivity contribution in [3.8, 4) is 5.75 Å². The molecule has 0 spiro atoms. The van der Waals surface area contributed by atoms with E-state index in [9.17, 15) is 14.7 Å². The van der Waals surface area contributed by atoms with Gasteiger partial charge in [0.25, 0.3) is 5.91 Å². The second kappa shape index (κ2) is 7.42. The molecule has 0 atom stereocenters. The monoisotopic (exact) mass is 337 g/mol. The highest BCUT2D eigenvalue weighted by Crippen LogP contribution is 2.32. The zero-order chi connectivity index (χ0) is 16.1. The van der Waals surface area contributed by atoms with Crippen LogP contribution in [0.3, 0.4) is 0 Å². The highest BCUT2D eigenvalue weighted by Gasteiger charge is 2.33. The average Bonchev–Trinajstić information content (AvgIpc) is 2.75. The summed E-state index contributed by atoms with van der Waals surface area (Å²) in [7, 11) is 0. The molecule has 1 fully saturated rings. The van der Waals surface area contributed by atoms with Crippen molar-refractivity contribution in [2.45, 2.75) is 13.3 Å². The highest BCUT2D eigenvalue weighted by molar-refractivity contribution is 8.26. The minimum Gasteiger partial charge on any atom is -0.508 e. The topological polar surface area (TPSA) is 66.8 Å². The first kappa shape index (κ1) is 16.5. The maximum Gasteiger partial charge on any atom is 0.326 e. The molecule has 1 aliphatic rings. The molecule has 1 heterocycles. The zero-order valence-corrected chi connectivity index (χ0v) is 13.6. The van der Waals surface area contributed by atoms with E-state index in [-0.39, 0.29) is 18.2 Å². The summed E-state index contributed by atoms with van der Waals surface area (Å²) >= 11 is 6.29. The molecule has 5 nitrogen and oxygen atoms in total. The third-order valence-corrected chi connectivity index (χ3v) is 4.20. The van der Waals surface area contributed by atoms with Gasteiger partial charge < -0.3 is 9.84 Å². The third kappa shape index (κ3) is 4.08. The predicted molar refractivity (Wildman–Crippen MR) is 89.2 cm³/mol. The number of rotatable bonds is 5. The van der Waals surface area contributed by atoms with Crippen LogP contribution in [-0.2, 0) is 14.3 Å². The Morgan fingerprint density at radius 3 is 2.73 bits per heavy atom. The summed E-state index contributed by atoms with van der Waals surface area (Å²) < 4.78 is 5.30. The Hall–Kier alpha value is -1.86. The molecule has 1 N–H and O–H groups in total. The number of ether oxygens (including phenoxy) is 1. The third-order valence-electron chi connectivity index (χ3n) is 2.82. The minimum absolute atomic E-state index is 0.156. The van der Waals surface area contributed by atoms with Crippen LogP contribution in [0.2, 0.25) is 0 Å². The number of nitrogens with zero attached hydrogens (tertiary/aromatic N) is 1. The van der Waals surface area contributed by atoms with E-state index in [1.165, 1.54) is 17.0 Å². The molecule has 1 amide bonds. The fourth-order valence-electron chi connectivity index (χ4n) is 1.75. The number of benzene rings is 1. The normalized spacial score (nSPS) is 16.4. The van der Waals surface area contributed by atoms with Gasteiger partial charge in [-0.25, -0.2) is 0 Å². The average molecular weight is 337 g/mol. The van der Waals surface area contributed by atoms with E-state index in [4.69, 9.17) is 17.0 Å². The van der Waals surface area contributed by atoms with E-state index in [0.717, 1.165) is 23.7 Å². The van der Waals surface area contributed by atoms with Crippen molar-refractivity contribution in [2.75, 3.05) is 13.2 Å². The van der Waals surface area contributed by atoms with Gasteiger partial charge in [0.1, 0.15) is 16.6 Å². The van der Waals surface area contributed by atoms with Crippen molar-refractivity contribution in [1.82, 2.24) is 4.90 Å². The number of hydrogen-bond donors (Lipinski definition) is 1. The van der Waals surface area contributed by atoms with Crippen LogP contribution < -0.4 is 0 Å². The summed E-state index contributed by atoms with van der Waals surface area (Å²) in [5.74, 6) is -0.621. The first-order valence-corrected chi connectivity index (χ1v) is 7.93. The smallest absolute Gasteiger partial charge is 0.326 e. The van der Waals surface area contributed by atoms with Gasteiger partial charge in [0.05, 0.1) is 11.5 Å². The van der Waals surface area contributed by atoms with E-state index in [2.05, 4.69) is 0 Å². The minimum atomic E-state index is -0.468. The molecular formula is C15H15NO4S2. The van der Waals surface area contributed by atoms with Crippen molar-refractivity contribution in [3.05, 3.63) is 34.7 Å². The number of carbonyl (C=O) groups is 2. The highest BCUT2D eigenvalue weighted by atomic mass is 32.2. The van der Waals surface area contributed by atoms with Crippen LogP contribution in [-0.4, -0.2) is 39.4 Å². The summed E-state index contributed by atoms with van der Waals surface area (Å²) in [6.07, 6.45) is 2.40. The zero-order valence-electron chi connectivity index (χ0n) is 11.9. The summed E-state index contributed by atoms with van der Waals surface area (Å²) in [5.41, 5.74) is 0.770. The molecule has 0 unspecified atom stereocenters. The van der Waals surface area contributed by atoms with Crippen LogP contribution in [0.4, 0.5) is 0 Å². The number of phenolic OH excluding ortho intramolecular Hbond substituents is 1. The fourth-order valence-corrected chi connectivity index (χ4v) is 3.00. The molecule has 1 aromatic carbocycles. The summed E-state index contributed by atoms with van der Waals surface area (Å²) in [4.78, 5) is 25.6. The predicted octanol–water partition coefficient (Wildman–Crippen LogP) is 2.55.